The fraction of sp³-hybridized carbons (Fsp3) is 0.346. The molecule has 6 nitrogen and oxygen atoms in total. The molecule has 1 fully saturated rings. The first-order valence-corrected chi connectivity index (χ1v) is 12.8. The number of nitrogens with zero attached hydrogens (tertiary/aromatic N) is 3. The number of ether oxygens (including phenoxy) is 1. The molecule has 0 bridgehead atoms. The maximum absolute atomic E-state index is 15.0. The summed E-state index contributed by atoms with van der Waals surface area (Å²) in [6, 6.07) is 12.0. The van der Waals surface area contributed by atoms with Crippen molar-refractivity contribution in [1.29, 1.82) is 0 Å². The lowest BCUT2D eigenvalue weighted by molar-refractivity contribution is -0.146. The van der Waals surface area contributed by atoms with E-state index in [4.69, 9.17) is 4.74 Å². The van der Waals surface area contributed by atoms with Crippen LogP contribution in [0.1, 0.15) is 56.2 Å². The zero-order valence-corrected chi connectivity index (χ0v) is 20.2. The van der Waals surface area contributed by atoms with Crippen LogP contribution in [0.25, 0.3) is 0 Å². The van der Waals surface area contributed by atoms with Gasteiger partial charge in [-0.1, -0.05) is 54.6 Å². The highest BCUT2D eigenvalue weighted by Crippen LogP contribution is 2.38. The summed E-state index contributed by atoms with van der Waals surface area (Å²) in [6.45, 7) is 1.76. The molecular weight excluding hydrogens is 470 g/mol. The summed E-state index contributed by atoms with van der Waals surface area (Å²) in [5.41, 5.74) is 1.70. The molecule has 1 atom stereocenters. The number of benzene rings is 2. The van der Waals surface area contributed by atoms with E-state index in [1.165, 1.54) is 28.6 Å². The first-order valence-electron chi connectivity index (χ1n) is 11.8. The largest absolute Gasteiger partial charge is 0.459 e. The van der Waals surface area contributed by atoms with Gasteiger partial charge < -0.3 is 10.1 Å². The number of rotatable bonds is 6. The molecule has 0 saturated heterocycles. The number of carbonyl (C=O) groups excluding carboxylic acids is 1. The van der Waals surface area contributed by atoms with E-state index in [0.717, 1.165) is 32.1 Å². The van der Waals surface area contributed by atoms with Gasteiger partial charge in [-0.05, 0) is 50.3 Å². The average Bonchev–Trinajstić information content (AvgIpc) is 3.26. The van der Waals surface area contributed by atoms with Crippen LogP contribution in [0.4, 0.5) is 14.7 Å². The number of thioether (sulfide) groups is 1. The van der Waals surface area contributed by atoms with Gasteiger partial charge in [0.1, 0.15) is 23.8 Å². The molecule has 0 radical (unpaired) electrons. The average molecular weight is 497 g/mol. The minimum absolute atomic E-state index is 0.137. The van der Waals surface area contributed by atoms with Crippen molar-refractivity contribution in [3.8, 4) is 0 Å². The molecule has 0 amide bonds. The number of halogens is 2. The second kappa shape index (κ2) is 10.2. The molecule has 2 aliphatic rings. The van der Waals surface area contributed by atoms with E-state index in [-0.39, 0.29) is 11.9 Å². The van der Waals surface area contributed by atoms with Crippen LogP contribution < -0.4 is 5.32 Å². The zero-order valence-electron chi connectivity index (χ0n) is 19.3. The standard InChI is InChI=1S/C26H26F2N4O2S/c1-16-22(24(33)34-18-10-3-2-4-11-18)23(19-12-6-8-14-21(19)28)32-25(29-16)30-26(31-32)35-15-17-9-5-7-13-20(17)27/h5-9,12-14,18,23H,2-4,10-11,15H2,1H3,(H,29,30,31). The van der Waals surface area contributed by atoms with E-state index in [1.54, 1.807) is 43.3 Å². The third-order valence-electron chi connectivity index (χ3n) is 6.39. The van der Waals surface area contributed by atoms with E-state index >= 15 is 4.39 Å². The topological polar surface area (TPSA) is 69.0 Å². The van der Waals surface area contributed by atoms with Gasteiger partial charge in [0.25, 0.3) is 0 Å². The summed E-state index contributed by atoms with van der Waals surface area (Å²) in [5.74, 6) is -0.490. The Bertz CT molecular complexity index is 1270. The van der Waals surface area contributed by atoms with E-state index in [2.05, 4.69) is 15.4 Å². The predicted octanol–water partition coefficient (Wildman–Crippen LogP) is 6.01. The Morgan fingerprint density at radius 1 is 1.09 bits per heavy atom. The van der Waals surface area contributed by atoms with E-state index in [1.807, 2.05) is 0 Å². The highest BCUT2D eigenvalue weighted by Gasteiger charge is 2.37. The van der Waals surface area contributed by atoms with Crippen LogP contribution in [-0.4, -0.2) is 26.8 Å². The molecule has 182 valence electrons. The first-order chi connectivity index (χ1) is 17.0. The Morgan fingerprint density at radius 3 is 2.54 bits per heavy atom. The van der Waals surface area contributed by atoms with Gasteiger partial charge in [-0.2, -0.15) is 4.98 Å². The monoisotopic (exact) mass is 496 g/mol. The van der Waals surface area contributed by atoms with E-state index in [0.29, 0.717) is 39.3 Å². The van der Waals surface area contributed by atoms with Gasteiger partial charge in [-0.25, -0.2) is 18.3 Å². The molecule has 35 heavy (non-hydrogen) atoms. The van der Waals surface area contributed by atoms with Crippen molar-refractivity contribution in [2.45, 2.75) is 62.1 Å². The minimum atomic E-state index is -0.834. The number of allylic oxidation sites excluding steroid dienone is 1. The number of nitrogens with one attached hydrogen (secondary N) is 1. The number of hydrogen-bond donors (Lipinski definition) is 1. The molecule has 9 heteroatoms. The molecule has 3 aromatic rings. The predicted molar refractivity (Wildman–Crippen MR) is 130 cm³/mol. The molecular formula is C26H26F2N4O2S. The Kier molecular flexibility index (Phi) is 6.86. The van der Waals surface area contributed by atoms with Gasteiger partial charge in [0.05, 0.1) is 5.57 Å². The fourth-order valence-corrected chi connectivity index (χ4v) is 5.41. The Labute approximate surface area is 206 Å². The van der Waals surface area contributed by atoms with Gasteiger partial charge in [-0.15, -0.1) is 5.10 Å². The highest BCUT2D eigenvalue weighted by atomic mass is 32.2. The van der Waals surface area contributed by atoms with Crippen LogP contribution >= 0.6 is 11.8 Å². The number of fused-ring (bicyclic) bond motifs is 1. The number of aromatic nitrogens is 3. The Hall–Kier alpha value is -3.20. The Morgan fingerprint density at radius 2 is 1.80 bits per heavy atom. The number of anilines is 1. The van der Waals surface area contributed by atoms with Crippen molar-refractivity contribution in [1.82, 2.24) is 14.8 Å². The molecule has 2 heterocycles. The number of carbonyl (C=O) groups is 1. The van der Waals surface area contributed by atoms with Gasteiger partial charge in [0.2, 0.25) is 11.1 Å². The molecule has 1 saturated carbocycles. The third-order valence-corrected chi connectivity index (χ3v) is 7.28. The number of esters is 1. The molecule has 1 unspecified atom stereocenters. The Balaban J connectivity index is 1.47. The maximum Gasteiger partial charge on any atom is 0.338 e. The van der Waals surface area contributed by atoms with Crippen LogP contribution in [-0.2, 0) is 15.3 Å². The van der Waals surface area contributed by atoms with Crippen molar-refractivity contribution >= 4 is 23.7 Å². The van der Waals surface area contributed by atoms with Gasteiger partial charge in [-0.3, -0.25) is 0 Å². The van der Waals surface area contributed by atoms with Crippen molar-refractivity contribution < 1.29 is 18.3 Å². The normalized spacial score (nSPS) is 18.2. The summed E-state index contributed by atoms with van der Waals surface area (Å²) in [4.78, 5) is 17.9. The van der Waals surface area contributed by atoms with Crippen LogP contribution in [0.2, 0.25) is 0 Å². The quantitative estimate of drug-likeness (QED) is 0.333. The van der Waals surface area contributed by atoms with E-state index < -0.39 is 17.8 Å². The molecule has 1 N–H and O–H groups in total. The lowest BCUT2D eigenvalue weighted by atomic mass is 9.94. The molecule has 2 aromatic carbocycles. The van der Waals surface area contributed by atoms with Crippen molar-refractivity contribution in [3.63, 3.8) is 0 Å². The first kappa shape index (κ1) is 23.5. The summed E-state index contributed by atoms with van der Waals surface area (Å²) >= 11 is 1.27. The maximum atomic E-state index is 15.0. The SMILES string of the molecule is CC1=C(C(=O)OC2CCCCC2)C(c2ccccc2F)n2nc(SCc3ccccc3F)nc2N1. The smallest absolute Gasteiger partial charge is 0.338 e. The van der Waals surface area contributed by atoms with Crippen LogP contribution in [0.15, 0.2) is 65.0 Å². The molecule has 1 aliphatic heterocycles. The third kappa shape index (κ3) is 4.96. The van der Waals surface area contributed by atoms with Crippen LogP contribution in [0.5, 0.6) is 0 Å². The second-order valence-electron chi connectivity index (χ2n) is 8.80. The molecule has 1 aromatic heterocycles. The lowest BCUT2D eigenvalue weighted by Gasteiger charge is -2.30. The van der Waals surface area contributed by atoms with Crippen molar-refractivity contribution in [3.05, 3.63) is 82.6 Å². The molecule has 0 spiro atoms. The highest BCUT2D eigenvalue weighted by molar-refractivity contribution is 7.98. The summed E-state index contributed by atoms with van der Waals surface area (Å²) in [7, 11) is 0. The summed E-state index contributed by atoms with van der Waals surface area (Å²) < 4.78 is 36.5. The van der Waals surface area contributed by atoms with Gasteiger partial charge in [0, 0.05) is 17.0 Å². The zero-order chi connectivity index (χ0) is 24.4. The fourth-order valence-electron chi connectivity index (χ4n) is 4.60. The van der Waals surface area contributed by atoms with Crippen molar-refractivity contribution in [2.24, 2.45) is 0 Å². The second-order valence-corrected chi connectivity index (χ2v) is 9.74. The van der Waals surface area contributed by atoms with E-state index in [9.17, 15) is 9.18 Å². The lowest BCUT2D eigenvalue weighted by Crippen LogP contribution is -2.32. The molecule has 1 aliphatic carbocycles. The minimum Gasteiger partial charge on any atom is -0.459 e. The van der Waals surface area contributed by atoms with Crippen LogP contribution in [0.3, 0.4) is 0 Å². The summed E-state index contributed by atoms with van der Waals surface area (Å²) in [6.07, 6.45) is 4.73. The van der Waals surface area contributed by atoms with Gasteiger partial charge >= 0.3 is 5.97 Å². The van der Waals surface area contributed by atoms with Gasteiger partial charge in [0.15, 0.2) is 0 Å². The molecule has 5 rings (SSSR count). The van der Waals surface area contributed by atoms with Crippen molar-refractivity contribution in [2.75, 3.05) is 5.32 Å². The van der Waals surface area contributed by atoms with Crippen LogP contribution in [0, 0.1) is 11.6 Å². The summed E-state index contributed by atoms with van der Waals surface area (Å²) in [5, 5.41) is 8.11. The number of hydrogen-bond acceptors (Lipinski definition) is 6.